The summed E-state index contributed by atoms with van der Waals surface area (Å²) in [5.74, 6) is 0.707. The molecule has 0 aliphatic carbocycles. The second-order valence-electron chi connectivity index (χ2n) is 6.47. The van der Waals surface area contributed by atoms with E-state index in [1.54, 1.807) is 11.3 Å². The SMILES string of the molecule is CC(C)CNCC1CCC(CN(C)Cc2csc(Br)c2)O1. The Morgan fingerprint density at radius 3 is 2.86 bits per heavy atom. The van der Waals surface area contributed by atoms with Crippen molar-refractivity contribution in [2.24, 2.45) is 5.92 Å². The minimum absolute atomic E-state index is 0.392. The maximum absolute atomic E-state index is 6.15. The Morgan fingerprint density at radius 1 is 1.43 bits per heavy atom. The molecule has 1 aliphatic heterocycles. The third-order valence-electron chi connectivity index (χ3n) is 3.71. The largest absolute Gasteiger partial charge is 0.372 e. The molecule has 0 amide bonds. The number of nitrogens with one attached hydrogen (secondary N) is 1. The Labute approximate surface area is 141 Å². The molecule has 0 aromatic carbocycles. The van der Waals surface area contributed by atoms with E-state index in [1.165, 1.54) is 22.2 Å². The van der Waals surface area contributed by atoms with Crippen LogP contribution in [-0.4, -0.2) is 43.8 Å². The predicted molar refractivity (Wildman–Crippen MR) is 94.0 cm³/mol. The fourth-order valence-corrected chi connectivity index (χ4v) is 3.95. The average Bonchev–Trinajstić information content (AvgIpc) is 2.98. The Hall–Kier alpha value is 0.0600. The van der Waals surface area contributed by atoms with E-state index < -0.39 is 0 Å². The summed E-state index contributed by atoms with van der Waals surface area (Å²) in [5.41, 5.74) is 1.38. The molecule has 0 spiro atoms. The van der Waals surface area contributed by atoms with E-state index in [4.69, 9.17) is 4.74 Å². The van der Waals surface area contributed by atoms with Crippen LogP contribution in [-0.2, 0) is 11.3 Å². The molecular formula is C16H27BrN2OS. The summed E-state index contributed by atoms with van der Waals surface area (Å²) in [7, 11) is 2.18. The van der Waals surface area contributed by atoms with Gasteiger partial charge >= 0.3 is 0 Å². The summed E-state index contributed by atoms with van der Waals surface area (Å²) in [4.78, 5) is 2.36. The molecule has 1 N–H and O–H groups in total. The first-order chi connectivity index (χ1) is 10.0. The van der Waals surface area contributed by atoms with E-state index in [-0.39, 0.29) is 0 Å². The Bertz CT molecular complexity index is 424. The van der Waals surface area contributed by atoms with Crippen LogP contribution in [0.3, 0.4) is 0 Å². The third-order valence-corrected chi connectivity index (χ3v) is 5.26. The molecule has 1 aliphatic rings. The predicted octanol–water partition coefficient (Wildman–Crippen LogP) is 3.74. The molecule has 0 bridgehead atoms. The van der Waals surface area contributed by atoms with E-state index >= 15 is 0 Å². The lowest BCUT2D eigenvalue weighted by Gasteiger charge is -2.21. The summed E-state index contributed by atoms with van der Waals surface area (Å²) in [5, 5.41) is 5.72. The highest BCUT2D eigenvalue weighted by Gasteiger charge is 2.25. The van der Waals surface area contributed by atoms with Gasteiger partial charge in [-0.05, 0) is 65.3 Å². The Kier molecular flexibility index (Phi) is 7.16. The van der Waals surface area contributed by atoms with Crippen LogP contribution in [0.5, 0.6) is 0 Å². The van der Waals surface area contributed by atoms with Crippen LogP contribution >= 0.6 is 27.3 Å². The van der Waals surface area contributed by atoms with E-state index in [1.807, 2.05) is 0 Å². The summed E-state index contributed by atoms with van der Waals surface area (Å²) >= 11 is 5.27. The molecule has 2 heterocycles. The van der Waals surface area contributed by atoms with Crippen LogP contribution < -0.4 is 5.32 Å². The molecule has 2 atom stereocenters. The fraction of sp³-hybridized carbons (Fsp3) is 0.750. The molecule has 2 unspecified atom stereocenters. The first kappa shape index (κ1) is 17.4. The Balaban J connectivity index is 1.65. The summed E-state index contributed by atoms with van der Waals surface area (Å²) in [6.07, 6.45) is 3.17. The molecular weight excluding hydrogens is 348 g/mol. The van der Waals surface area contributed by atoms with Crippen LogP contribution in [0.15, 0.2) is 15.2 Å². The van der Waals surface area contributed by atoms with Crippen LogP contribution in [0.25, 0.3) is 0 Å². The highest BCUT2D eigenvalue weighted by Crippen LogP contribution is 2.23. The van der Waals surface area contributed by atoms with Crippen LogP contribution in [0.1, 0.15) is 32.3 Å². The fourth-order valence-electron chi connectivity index (χ4n) is 2.75. The second-order valence-corrected chi connectivity index (χ2v) is 8.76. The summed E-state index contributed by atoms with van der Waals surface area (Å²) in [6.45, 7) is 8.58. The van der Waals surface area contributed by atoms with Gasteiger partial charge in [0.05, 0.1) is 16.0 Å². The zero-order chi connectivity index (χ0) is 15.2. The molecule has 2 rings (SSSR count). The minimum Gasteiger partial charge on any atom is -0.372 e. The van der Waals surface area contributed by atoms with Crippen molar-refractivity contribution in [2.45, 2.75) is 45.4 Å². The monoisotopic (exact) mass is 374 g/mol. The van der Waals surface area contributed by atoms with Gasteiger partial charge in [-0.3, -0.25) is 4.90 Å². The molecule has 1 fully saturated rings. The summed E-state index contributed by atoms with van der Waals surface area (Å²) < 4.78 is 7.35. The van der Waals surface area contributed by atoms with Gasteiger partial charge in [0.15, 0.2) is 0 Å². The Morgan fingerprint density at radius 2 is 2.19 bits per heavy atom. The third kappa shape index (κ3) is 6.37. The first-order valence-electron chi connectivity index (χ1n) is 7.80. The highest BCUT2D eigenvalue weighted by molar-refractivity contribution is 9.11. The molecule has 21 heavy (non-hydrogen) atoms. The number of halogens is 1. The van der Waals surface area contributed by atoms with Gasteiger partial charge in [-0.25, -0.2) is 0 Å². The zero-order valence-electron chi connectivity index (χ0n) is 13.3. The van der Waals surface area contributed by atoms with Gasteiger partial charge in [0.1, 0.15) is 0 Å². The van der Waals surface area contributed by atoms with Gasteiger partial charge in [0, 0.05) is 19.6 Å². The van der Waals surface area contributed by atoms with Gasteiger partial charge < -0.3 is 10.1 Å². The van der Waals surface area contributed by atoms with Crippen LogP contribution in [0, 0.1) is 5.92 Å². The number of hydrogen-bond donors (Lipinski definition) is 1. The van der Waals surface area contributed by atoms with Crippen molar-refractivity contribution in [2.75, 3.05) is 26.7 Å². The van der Waals surface area contributed by atoms with Gasteiger partial charge in [0.2, 0.25) is 0 Å². The lowest BCUT2D eigenvalue weighted by molar-refractivity contribution is 0.0265. The molecule has 1 aromatic rings. The van der Waals surface area contributed by atoms with Crippen molar-refractivity contribution >= 4 is 27.3 Å². The zero-order valence-corrected chi connectivity index (χ0v) is 15.7. The molecule has 1 aromatic heterocycles. The number of rotatable bonds is 8. The van der Waals surface area contributed by atoms with E-state index in [0.29, 0.717) is 18.1 Å². The second kappa shape index (κ2) is 8.63. The van der Waals surface area contributed by atoms with Crippen molar-refractivity contribution in [3.63, 3.8) is 0 Å². The van der Waals surface area contributed by atoms with Crippen LogP contribution in [0.4, 0.5) is 0 Å². The van der Waals surface area contributed by atoms with Gasteiger partial charge in [-0.15, -0.1) is 11.3 Å². The highest BCUT2D eigenvalue weighted by atomic mass is 79.9. The standard InChI is InChI=1S/C16H27BrN2OS/c1-12(2)7-18-8-14-4-5-15(20-14)10-19(3)9-13-6-16(17)21-11-13/h6,11-12,14-15,18H,4-5,7-10H2,1-3H3. The van der Waals surface area contributed by atoms with Crippen molar-refractivity contribution in [1.82, 2.24) is 10.2 Å². The smallest absolute Gasteiger partial charge is 0.0707 e. The summed E-state index contributed by atoms with van der Waals surface area (Å²) in [6, 6.07) is 2.20. The number of ether oxygens (including phenoxy) is 1. The maximum atomic E-state index is 6.15. The lowest BCUT2D eigenvalue weighted by atomic mass is 10.1. The van der Waals surface area contributed by atoms with Crippen molar-refractivity contribution < 1.29 is 4.74 Å². The molecule has 3 nitrogen and oxygen atoms in total. The topological polar surface area (TPSA) is 24.5 Å². The maximum Gasteiger partial charge on any atom is 0.0707 e. The van der Waals surface area contributed by atoms with E-state index in [0.717, 1.165) is 26.2 Å². The minimum atomic E-state index is 0.392. The number of likely N-dealkylation sites (N-methyl/N-ethyl adjacent to an activating group) is 1. The van der Waals surface area contributed by atoms with E-state index in [2.05, 4.69) is 58.5 Å². The average molecular weight is 375 g/mol. The van der Waals surface area contributed by atoms with Gasteiger partial charge in [-0.1, -0.05) is 13.8 Å². The van der Waals surface area contributed by atoms with Crippen molar-refractivity contribution in [3.05, 3.63) is 20.8 Å². The molecule has 0 radical (unpaired) electrons. The van der Waals surface area contributed by atoms with Crippen molar-refractivity contribution in [1.29, 1.82) is 0 Å². The molecule has 1 saturated heterocycles. The lowest BCUT2D eigenvalue weighted by Crippen LogP contribution is -2.32. The number of hydrogen-bond acceptors (Lipinski definition) is 4. The molecule has 120 valence electrons. The quantitative estimate of drug-likeness (QED) is 0.749. The number of thiophene rings is 1. The normalized spacial score (nSPS) is 22.6. The molecule has 5 heteroatoms. The number of nitrogens with zero attached hydrogens (tertiary/aromatic N) is 1. The van der Waals surface area contributed by atoms with Crippen molar-refractivity contribution in [3.8, 4) is 0 Å². The van der Waals surface area contributed by atoms with Crippen LogP contribution in [0.2, 0.25) is 0 Å². The van der Waals surface area contributed by atoms with Gasteiger partial charge in [0.25, 0.3) is 0 Å². The van der Waals surface area contributed by atoms with Gasteiger partial charge in [-0.2, -0.15) is 0 Å². The van der Waals surface area contributed by atoms with E-state index in [9.17, 15) is 0 Å². The molecule has 0 saturated carbocycles. The first-order valence-corrected chi connectivity index (χ1v) is 9.48.